The molecule has 0 aliphatic rings. The van der Waals surface area contributed by atoms with Gasteiger partial charge in [-0.1, -0.05) is 12.1 Å². The van der Waals surface area contributed by atoms with E-state index in [4.69, 9.17) is 4.74 Å². The van der Waals surface area contributed by atoms with Crippen LogP contribution < -0.4 is 10.0 Å². The van der Waals surface area contributed by atoms with Crippen molar-refractivity contribution in [1.82, 2.24) is 4.72 Å². The molecule has 150 valence electrons. The maximum atomic E-state index is 12.9. The highest BCUT2D eigenvalue weighted by molar-refractivity contribution is 7.89. The molecule has 0 bridgehead atoms. The molecule has 0 unspecified atom stereocenters. The van der Waals surface area contributed by atoms with Gasteiger partial charge >= 0.3 is 5.97 Å². The fraction of sp³-hybridized carbons (Fsp3) is 0.235. The van der Waals surface area contributed by atoms with E-state index in [-0.39, 0.29) is 10.6 Å². The summed E-state index contributed by atoms with van der Waals surface area (Å²) in [6, 6.07) is 8.63. The highest BCUT2D eigenvalue weighted by Crippen LogP contribution is 2.27. The van der Waals surface area contributed by atoms with Crippen molar-refractivity contribution in [3.8, 4) is 0 Å². The van der Waals surface area contributed by atoms with Gasteiger partial charge in [0.05, 0.1) is 9.82 Å². The Morgan fingerprint density at radius 2 is 1.89 bits per heavy atom. The third kappa shape index (κ3) is 5.24. The Morgan fingerprint density at radius 3 is 2.46 bits per heavy atom. The van der Waals surface area contributed by atoms with Crippen LogP contribution in [0.5, 0.6) is 0 Å². The summed E-state index contributed by atoms with van der Waals surface area (Å²) in [6.07, 6.45) is -0.714. The quantitative estimate of drug-likeness (QED) is 0.388. The Bertz CT molecular complexity index is 979. The van der Waals surface area contributed by atoms with Crippen LogP contribution in [-0.4, -0.2) is 32.9 Å². The number of nitro benzene ring substituents is 1. The molecule has 0 aromatic heterocycles. The molecule has 28 heavy (non-hydrogen) atoms. The molecule has 0 heterocycles. The summed E-state index contributed by atoms with van der Waals surface area (Å²) in [6.45, 7) is 0.884. The minimum Gasteiger partial charge on any atom is -0.457 e. The molecule has 0 aliphatic heterocycles. The maximum absolute atomic E-state index is 12.9. The molecule has 9 nitrogen and oxygen atoms in total. The lowest BCUT2D eigenvalue weighted by Gasteiger charge is -2.14. The van der Waals surface area contributed by atoms with Crippen LogP contribution in [0.15, 0.2) is 47.4 Å². The van der Waals surface area contributed by atoms with E-state index < -0.39 is 45.1 Å². The molecule has 0 saturated heterocycles. The molecule has 0 fully saturated rings. The van der Waals surface area contributed by atoms with Crippen LogP contribution in [0.4, 0.5) is 15.8 Å². The van der Waals surface area contributed by atoms with Gasteiger partial charge in [-0.15, -0.1) is 0 Å². The number of nitrogens with zero attached hydrogens (tertiary/aromatic N) is 1. The number of hydrogen-bond donors (Lipinski definition) is 2. The number of anilines is 1. The zero-order valence-corrected chi connectivity index (χ0v) is 15.8. The number of carbonyl (C=O) groups is 1. The summed E-state index contributed by atoms with van der Waals surface area (Å²) >= 11 is 0. The largest absolute Gasteiger partial charge is 0.457 e. The summed E-state index contributed by atoms with van der Waals surface area (Å²) < 4.78 is 44.7. The number of carbonyl (C=O) groups excluding carboxylic acids is 1. The lowest BCUT2D eigenvalue weighted by Crippen LogP contribution is -2.31. The molecule has 2 aromatic carbocycles. The minimum absolute atomic E-state index is 0.150. The van der Waals surface area contributed by atoms with Gasteiger partial charge in [-0.2, -0.15) is 4.72 Å². The van der Waals surface area contributed by atoms with Crippen LogP contribution in [0.25, 0.3) is 0 Å². The number of benzene rings is 2. The number of hydrogen-bond acceptors (Lipinski definition) is 7. The van der Waals surface area contributed by atoms with E-state index in [1.165, 1.54) is 43.4 Å². The third-order valence-electron chi connectivity index (χ3n) is 3.80. The molecule has 2 aromatic rings. The first kappa shape index (κ1) is 21.3. The molecule has 2 rings (SSSR count). The van der Waals surface area contributed by atoms with Gasteiger partial charge in [0.1, 0.15) is 24.2 Å². The second-order valence-corrected chi connectivity index (χ2v) is 7.46. The van der Waals surface area contributed by atoms with Gasteiger partial charge in [0.2, 0.25) is 10.0 Å². The lowest BCUT2D eigenvalue weighted by atomic mass is 10.1. The average Bonchev–Trinajstić information content (AvgIpc) is 2.66. The van der Waals surface area contributed by atoms with Gasteiger partial charge < -0.3 is 10.1 Å². The molecule has 11 heteroatoms. The van der Waals surface area contributed by atoms with Gasteiger partial charge in [-0.3, -0.25) is 14.9 Å². The van der Waals surface area contributed by atoms with Crippen molar-refractivity contribution in [1.29, 1.82) is 0 Å². The van der Waals surface area contributed by atoms with Crippen LogP contribution in [0, 0.1) is 15.9 Å². The molecule has 1 atom stereocenters. The second-order valence-electron chi connectivity index (χ2n) is 5.69. The van der Waals surface area contributed by atoms with Crippen molar-refractivity contribution >= 4 is 27.4 Å². The Hall–Kier alpha value is -3.05. The first-order chi connectivity index (χ1) is 13.1. The van der Waals surface area contributed by atoms with E-state index in [0.717, 1.165) is 6.07 Å². The molecule has 0 radical (unpaired) electrons. The van der Waals surface area contributed by atoms with E-state index in [9.17, 15) is 27.7 Å². The Kier molecular flexibility index (Phi) is 6.65. The SMILES string of the molecule is CNc1ccc(S(=O)(=O)NCC(=O)O[C@@H](C)c2ccc(F)cc2)cc1[N+](=O)[O-]. The van der Waals surface area contributed by atoms with Gasteiger partial charge in [0.25, 0.3) is 5.69 Å². The lowest BCUT2D eigenvalue weighted by molar-refractivity contribution is -0.384. The fourth-order valence-electron chi connectivity index (χ4n) is 2.32. The smallest absolute Gasteiger partial charge is 0.321 e. The van der Waals surface area contributed by atoms with E-state index in [2.05, 4.69) is 5.32 Å². The Labute approximate surface area is 160 Å². The third-order valence-corrected chi connectivity index (χ3v) is 5.20. The van der Waals surface area contributed by atoms with Crippen LogP contribution >= 0.6 is 0 Å². The highest BCUT2D eigenvalue weighted by atomic mass is 32.2. The van der Waals surface area contributed by atoms with Crippen molar-refractivity contribution in [2.45, 2.75) is 17.9 Å². The molecule has 0 aliphatic carbocycles. The topological polar surface area (TPSA) is 128 Å². The first-order valence-corrected chi connectivity index (χ1v) is 9.53. The first-order valence-electron chi connectivity index (χ1n) is 8.05. The highest BCUT2D eigenvalue weighted by Gasteiger charge is 2.22. The molecule has 0 amide bonds. The van der Waals surface area contributed by atoms with E-state index >= 15 is 0 Å². The predicted molar refractivity (Wildman–Crippen MR) is 98.7 cm³/mol. The normalized spacial score (nSPS) is 12.2. The van der Waals surface area contributed by atoms with Crippen LogP contribution in [0.1, 0.15) is 18.6 Å². The van der Waals surface area contributed by atoms with Crippen LogP contribution in [0.3, 0.4) is 0 Å². The molecular weight excluding hydrogens is 393 g/mol. The van der Waals surface area contributed by atoms with Crippen molar-refractivity contribution in [2.24, 2.45) is 0 Å². The Balaban J connectivity index is 2.04. The average molecular weight is 411 g/mol. The number of sulfonamides is 1. The van der Waals surface area contributed by atoms with Crippen LogP contribution in [0.2, 0.25) is 0 Å². The van der Waals surface area contributed by atoms with Crippen molar-refractivity contribution in [3.63, 3.8) is 0 Å². The monoisotopic (exact) mass is 411 g/mol. The number of nitro groups is 1. The summed E-state index contributed by atoms with van der Waals surface area (Å²) in [5.74, 6) is -1.30. The van der Waals surface area contributed by atoms with Crippen LogP contribution in [-0.2, 0) is 19.6 Å². The van der Waals surface area contributed by atoms with E-state index in [1.807, 2.05) is 4.72 Å². The summed E-state index contributed by atoms with van der Waals surface area (Å²) in [5, 5.41) is 13.6. The van der Waals surface area contributed by atoms with Crippen molar-refractivity contribution in [2.75, 3.05) is 18.9 Å². The van der Waals surface area contributed by atoms with Gasteiger partial charge in [-0.05, 0) is 36.8 Å². The standard InChI is InChI=1S/C17H18FN3O6S/c1-11(12-3-5-13(18)6-4-12)27-17(22)10-20-28(25,26)14-7-8-15(19-2)16(9-14)21(23)24/h3-9,11,19-20H,10H2,1-2H3/t11-/m0/s1. The van der Waals surface area contributed by atoms with E-state index in [0.29, 0.717) is 5.56 Å². The number of nitrogens with one attached hydrogen (secondary N) is 2. The number of esters is 1. The Morgan fingerprint density at radius 1 is 1.25 bits per heavy atom. The van der Waals surface area contributed by atoms with Gasteiger partial charge in [-0.25, -0.2) is 12.8 Å². The number of ether oxygens (including phenoxy) is 1. The zero-order chi connectivity index (χ0) is 20.9. The molecule has 0 saturated carbocycles. The molecular formula is C17H18FN3O6S. The molecule has 2 N–H and O–H groups in total. The summed E-state index contributed by atoms with van der Waals surface area (Å²) in [7, 11) is -2.71. The number of halogens is 1. The minimum atomic E-state index is -4.18. The zero-order valence-electron chi connectivity index (χ0n) is 15.0. The molecule has 0 spiro atoms. The summed E-state index contributed by atoms with van der Waals surface area (Å²) in [4.78, 5) is 21.9. The fourth-order valence-corrected chi connectivity index (χ4v) is 3.31. The van der Waals surface area contributed by atoms with Gasteiger partial charge in [0, 0.05) is 13.1 Å². The van der Waals surface area contributed by atoms with Crippen molar-refractivity contribution < 1.29 is 27.3 Å². The predicted octanol–water partition coefficient (Wildman–Crippen LogP) is 2.36. The second kappa shape index (κ2) is 8.76. The maximum Gasteiger partial charge on any atom is 0.321 e. The number of rotatable bonds is 8. The van der Waals surface area contributed by atoms with Gasteiger partial charge in [0.15, 0.2) is 0 Å². The van der Waals surface area contributed by atoms with Crippen molar-refractivity contribution in [3.05, 3.63) is 64.0 Å². The summed E-state index contributed by atoms with van der Waals surface area (Å²) in [5.41, 5.74) is 0.269. The van der Waals surface area contributed by atoms with E-state index in [1.54, 1.807) is 6.92 Å².